The summed E-state index contributed by atoms with van der Waals surface area (Å²) in [6.07, 6.45) is 4.31. The number of hydrogen-bond donors (Lipinski definition) is 1. The van der Waals surface area contributed by atoms with Gasteiger partial charge in [-0.15, -0.1) is 0 Å². The molecule has 0 radical (unpaired) electrons. The second kappa shape index (κ2) is 5.43. The Morgan fingerprint density at radius 1 is 1.31 bits per heavy atom. The molecule has 1 aromatic rings. The lowest BCUT2D eigenvalue weighted by atomic mass is 10.2. The summed E-state index contributed by atoms with van der Waals surface area (Å²) >= 11 is 11.8. The first-order valence-electron chi connectivity index (χ1n) is 4.24. The number of rotatable bonds is 4. The van der Waals surface area contributed by atoms with Crippen LogP contribution in [0.1, 0.15) is 18.9 Å². The Bertz CT molecular complexity index is 256. The highest BCUT2D eigenvalue weighted by Crippen LogP contribution is 2.22. The van der Waals surface area contributed by atoms with Crippen LogP contribution in [0.4, 0.5) is 0 Å². The van der Waals surface area contributed by atoms with Crippen molar-refractivity contribution < 1.29 is 0 Å². The van der Waals surface area contributed by atoms with Crippen LogP contribution in [0.5, 0.6) is 0 Å². The van der Waals surface area contributed by atoms with E-state index in [1.165, 1.54) is 0 Å². The largest absolute Gasteiger partial charge is 0.313 e. The first-order chi connectivity index (χ1) is 6.25. The molecule has 1 rings (SSSR count). The van der Waals surface area contributed by atoms with E-state index in [2.05, 4.69) is 17.2 Å². The van der Waals surface area contributed by atoms with Gasteiger partial charge in [-0.3, -0.25) is 4.98 Å². The third-order valence-corrected chi connectivity index (χ3v) is 2.33. The van der Waals surface area contributed by atoms with E-state index in [-0.39, 0.29) is 0 Å². The number of hydrogen-bond acceptors (Lipinski definition) is 2. The van der Waals surface area contributed by atoms with E-state index < -0.39 is 0 Å². The van der Waals surface area contributed by atoms with Crippen LogP contribution in [-0.2, 0) is 6.54 Å². The monoisotopic (exact) mass is 218 g/mol. The van der Waals surface area contributed by atoms with Crippen molar-refractivity contribution in [1.29, 1.82) is 0 Å². The lowest BCUT2D eigenvalue weighted by molar-refractivity contribution is 0.675. The van der Waals surface area contributed by atoms with Crippen LogP contribution in [0.15, 0.2) is 12.4 Å². The molecule has 1 aromatic heterocycles. The average Bonchev–Trinajstić information content (AvgIpc) is 2.10. The maximum absolute atomic E-state index is 5.92. The second-order valence-electron chi connectivity index (χ2n) is 2.76. The Labute approximate surface area is 88.3 Å². The van der Waals surface area contributed by atoms with Crippen molar-refractivity contribution in [3.05, 3.63) is 28.0 Å². The lowest BCUT2D eigenvalue weighted by Crippen LogP contribution is -2.14. The minimum Gasteiger partial charge on any atom is -0.313 e. The molecule has 1 N–H and O–H groups in total. The van der Waals surface area contributed by atoms with Crippen molar-refractivity contribution in [2.24, 2.45) is 0 Å². The van der Waals surface area contributed by atoms with Crippen LogP contribution >= 0.6 is 23.2 Å². The molecular weight excluding hydrogens is 207 g/mol. The molecule has 0 aromatic carbocycles. The van der Waals surface area contributed by atoms with Gasteiger partial charge in [0.25, 0.3) is 0 Å². The van der Waals surface area contributed by atoms with E-state index in [1.54, 1.807) is 12.4 Å². The Balaban J connectivity index is 2.64. The molecule has 72 valence electrons. The molecule has 0 amide bonds. The van der Waals surface area contributed by atoms with Gasteiger partial charge in [0.05, 0.1) is 10.0 Å². The molecule has 0 saturated carbocycles. The zero-order valence-electron chi connectivity index (χ0n) is 7.48. The summed E-state index contributed by atoms with van der Waals surface area (Å²) in [5.74, 6) is 0. The normalized spacial score (nSPS) is 10.4. The van der Waals surface area contributed by atoms with Crippen molar-refractivity contribution in [2.75, 3.05) is 6.54 Å². The van der Waals surface area contributed by atoms with Crippen LogP contribution in [-0.4, -0.2) is 11.5 Å². The third kappa shape index (κ3) is 3.14. The van der Waals surface area contributed by atoms with Crippen molar-refractivity contribution in [3.8, 4) is 0 Å². The molecule has 2 nitrogen and oxygen atoms in total. The van der Waals surface area contributed by atoms with Gasteiger partial charge in [0.15, 0.2) is 0 Å². The highest BCUT2D eigenvalue weighted by atomic mass is 35.5. The van der Waals surface area contributed by atoms with Gasteiger partial charge in [-0.05, 0) is 13.0 Å². The van der Waals surface area contributed by atoms with Gasteiger partial charge in [-0.2, -0.15) is 0 Å². The zero-order chi connectivity index (χ0) is 9.68. The zero-order valence-corrected chi connectivity index (χ0v) is 8.99. The Morgan fingerprint density at radius 2 is 1.92 bits per heavy atom. The van der Waals surface area contributed by atoms with Crippen LogP contribution in [0, 0.1) is 0 Å². The highest BCUT2D eigenvalue weighted by molar-refractivity contribution is 6.35. The number of pyridine rings is 1. The predicted molar refractivity (Wildman–Crippen MR) is 56.3 cm³/mol. The molecule has 0 atom stereocenters. The van der Waals surface area contributed by atoms with E-state index in [0.29, 0.717) is 16.6 Å². The fourth-order valence-corrected chi connectivity index (χ4v) is 1.50. The number of aromatic nitrogens is 1. The molecule has 4 heteroatoms. The molecule has 0 bridgehead atoms. The molecule has 13 heavy (non-hydrogen) atoms. The Morgan fingerprint density at radius 3 is 2.46 bits per heavy atom. The van der Waals surface area contributed by atoms with Gasteiger partial charge in [0.2, 0.25) is 0 Å². The van der Waals surface area contributed by atoms with Crippen LogP contribution in [0.2, 0.25) is 10.0 Å². The van der Waals surface area contributed by atoms with E-state index >= 15 is 0 Å². The quantitative estimate of drug-likeness (QED) is 0.787. The smallest absolute Gasteiger partial charge is 0.0649 e. The molecular formula is C9H12Cl2N2. The first kappa shape index (κ1) is 10.8. The summed E-state index contributed by atoms with van der Waals surface area (Å²) < 4.78 is 0. The SMILES string of the molecule is CCCNCc1c(Cl)cncc1Cl. The van der Waals surface area contributed by atoms with Crippen LogP contribution < -0.4 is 5.32 Å². The van der Waals surface area contributed by atoms with Gasteiger partial charge in [0, 0.05) is 24.5 Å². The van der Waals surface area contributed by atoms with E-state index in [9.17, 15) is 0 Å². The molecule has 0 aliphatic rings. The minimum absolute atomic E-state index is 0.621. The molecule has 0 aliphatic heterocycles. The van der Waals surface area contributed by atoms with Crippen molar-refractivity contribution in [3.63, 3.8) is 0 Å². The first-order valence-corrected chi connectivity index (χ1v) is 5.00. The summed E-state index contributed by atoms with van der Waals surface area (Å²) in [4.78, 5) is 3.88. The van der Waals surface area contributed by atoms with Gasteiger partial charge in [0.1, 0.15) is 0 Å². The van der Waals surface area contributed by atoms with Crippen molar-refractivity contribution in [2.45, 2.75) is 19.9 Å². The number of halogens is 2. The molecule has 1 heterocycles. The molecule has 0 aliphatic carbocycles. The topological polar surface area (TPSA) is 24.9 Å². The van der Waals surface area contributed by atoms with Crippen LogP contribution in [0.25, 0.3) is 0 Å². The summed E-state index contributed by atoms with van der Waals surface area (Å²) in [5.41, 5.74) is 0.923. The summed E-state index contributed by atoms with van der Waals surface area (Å²) in [5, 5.41) is 4.48. The van der Waals surface area contributed by atoms with Crippen molar-refractivity contribution >= 4 is 23.2 Å². The average molecular weight is 219 g/mol. The predicted octanol–water partition coefficient (Wildman–Crippen LogP) is 2.89. The Kier molecular flexibility index (Phi) is 4.50. The van der Waals surface area contributed by atoms with Gasteiger partial charge in [-0.25, -0.2) is 0 Å². The fraction of sp³-hybridized carbons (Fsp3) is 0.444. The lowest BCUT2D eigenvalue weighted by Gasteiger charge is -2.06. The summed E-state index contributed by atoms with van der Waals surface area (Å²) in [7, 11) is 0. The third-order valence-electron chi connectivity index (χ3n) is 1.68. The maximum Gasteiger partial charge on any atom is 0.0649 e. The maximum atomic E-state index is 5.92. The second-order valence-corrected chi connectivity index (χ2v) is 3.57. The standard InChI is InChI=1S/C9H12Cl2N2/c1-2-3-12-4-7-8(10)5-13-6-9(7)11/h5-6,12H,2-4H2,1H3. The van der Waals surface area contributed by atoms with Gasteiger partial charge >= 0.3 is 0 Å². The molecule has 0 spiro atoms. The Hall–Kier alpha value is -0.310. The van der Waals surface area contributed by atoms with Gasteiger partial charge < -0.3 is 5.32 Å². The summed E-state index contributed by atoms with van der Waals surface area (Å²) in [6.45, 7) is 3.78. The van der Waals surface area contributed by atoms with E-state index in [1.807, 2.05) is 0 Å². The van der Waals surface area contributed by atoms with Gasteiger partial charge in [-0.1, -0.05) is 30.1 Å². The van der Waals surface area contributed by atoms with Crippen molar-refractivity contribution in [1.82, 2.24) is 10.3 Å². The highest BCUT2D eigenvalue weighted by Gasteiger charge is 2.04. The number of nitrogens with one attached hydrogen (secondary N) is 1. The molecule has 0 saturated heterocycles. The van der Waals surface area contributed by atoms with E-state index in [0.717, 1.165) is 18.5 Å². The molecule has 0 fully saturated rings. The molecule has 0 unspecified atom stereocenters. The fourth-order valence-electron chi connectivity index (χ4n) is 0.997. The van der Waals surface area contributed by atoms with Crippen LogP contribution in [0.3, 0.4) is 0 Å². The summed E-state index contributed by atoms with van der Waals surface area (Å²) in [6, 6.07) is 0. The van der Waals surface area contributed by atoms with E-state index in [4.69, 9.17) is 23.2 Å². The number of nitrogens with zero attached hydrogens (tertiary/aromatic N) is 1. The minimum atomic E-state index is 0.621.